The molecule has 8 nitrogen and oxygen atoms in total. The molecule has 21 aromatic carbocycles. The summed E-state index contributed by atoms with van der Waals surface area (Å²) in [6.07, 6.45) is 0. The second kappa shape index (κ2) is 27.6. The molecule has 0 saturated carbocycles. The fourth-order valence-corrected chi connectivity index (χ4v) is 21.5. The third kappa shape index (κ3) is 10.9. The van der Waals surface area contributed by atoms with Crippen molar-refractivity contribution < 1.29 is 4.42 Å². The SMILES string of the molecule is c1ccc2c(c1)-c1cccc3c(-c4nc5ccccc5nc4-c4ccc5cc(-n6c7ccccc7c7cc8ccc(-n9c%10ccccc%10c%10ccccc%109)cc8cc76)ccc5c4)ccc-2c13.c1ccc2nc(-c3ccc4c(c3)oc3ccccc34)c(-c3ccc4ccc(-n5c6ccccc6c6cc7ccc(-n8c9ccccc9c9ccccc98)cc7cc65)cc4c3)cc2c1. The van der Waals surface area contributed by atoms with Crippen molar-refractivity contribution in [3.8, 4) is 89.9 Å². The van der Waals surface area contributed by atoms with Crippen LogP contribution in [0, 0.1) is 0 Å². The third-order valence-corrected chi connectivity index (χ3v) is 27.4. The summed E-state index contributed by atoms with van der Waals surface area (Å²) in [6, 6.07) is 157. The lowest BCUT2D eigenvalue weighted by atomic mass is 9.94. The topological polar surface area (TPSA) is 71.5 Å². The van der Waals surface area contributed by atoms with Gasteiger partial charge in [-0.25, -0.2) is 15.0 Å². The molecule has 29 rings (SSSR count). The second-order valence-electron chi connectivity index (χ2n) is 34.5. The predicted molar refractivity (Wildman–Crippen MR) is 540 cm³/mol. The molecular formula is C121H71N7O. The van der Waals surface area contributed by atoms with Crippen LogP contribution in [-0.2, 0) is 0 Å². The maximum absolute atomic E-state index is 6.36. The molecule has 28 aromatic rings. The van der Waals surface area contributed by atoms with Crippen LogP contribution in [0.25, 0.3) is 275 Å². The summed E-state index contributed by atoms with van der Waals surface area (Å²) in [7, 11) is 0. The van der Waals surface area contributed by atoms with Crippen LogP contribution >= 0.6 is 0 Å². The average Bonchev–Trinajstić information content (AvgIpc) is 1.58. The van der Waals surface area contributed by atoms with Gasteiger partial charge < -0.3 is 22.7 Å². The van der Waals surface area contributed by atoms with Crippen LogP contribution in [0.15, 0.2) is 435 Å². The summed E-state index contributed by atoms with van der Waals surface area (Å²) < 4.78 is 16.0. The normalized spacial score (nSPS) is 12.2. The van der Waals surface area contributed by atoms with Gasteiger partial charge in [0.15, 0.2) is 0 Å². The van der Waals surface area contributed by atoms with Crippen LogP contribution in [0.1, 0.15) is 0 Å². The number of furan rings is 1. The fraction of sp³-hybridized carbons (Fsp3) is 0. The molecule has 0 fully saturated rings. The highest BCUT2D eigenvalue weighted by Crippen LogP contribution is 2.51. The molecule has 596 valence electrons. The van der Waals surface area contributed by atoms with Crippen molar-refractivity contribution in [1.82, 2.24) is 33.2 Å². The molecular weight excluding hydrogens is 1570 g/mol. The number of pyridine rings is 1. The monoisotopic (exact) mass is 1640 g/mol. The summed E-state index contributed by atoms with van der Waals surface area (Å²) in [5.74, 6) is 0. The fourth-order valence-electron chi connectivity index (χ4n) is 21.5. The number of benzene rings is 21. The van der Waals surface area contributed by atoms with E-state index in [4.69, 9.17) is 19.4 Å². The summed E-state index contributed by atoms with van der Waals surface area (Å²) in [5.41, 5.74) is 31.8. The van der Waals surface area contributed by atoms with Crippen molar-refractivity contribution in [2.75, 3.05) is 0 Å². The number of para-hydroxylation sites is 10. The van der Waals surface area contributed by atoms with Gasteiger partial charge in [-0.15, -0.1) is 0 Å². The number of hydrogen-bond donors (Lipinski definition) is 0. The molecule has 0 radical (unpaired) electrons. The lowest BCUT2D eigenvalue weighted by Crippen LogP contribution is -1.97. The first kappa shape index (κ1) is 71.1. The van der Waals surface area contributed by atoms with E-state index >= 15 is 0 Å². The Morgan fingerprint density at radius 1 is 0.163 bits per heavy atom. The van der Waals surface area contributed by atoms with Gasteiger partial charge in [-0.1, -0.05) is 267 Å². The highest BCUT2D eigenvalue weighted by molar-refractivity contribution is 6.21. The second-order valence-corrected chi connectivity index (χ2v) is 34.5. The molecule has 8 heteroatoms. The zero-order valence-electron chi connectivity index (χ0n) is 69.5. The smallest absolute Gasteiger partial charge is 0.136 e. The first-order valence-corrected chi connectivity index (χ1v) is 44.2. The van der Waals surface area contributed by atoms with Gasteiger partial charge in [0.2, 0.25) is 0 Å². The molecule has 0 unspecified atom stereocenters. The first-order valence-electron chi connectivity index (χ1n) is 44.2. The minimum atomic E-state index is 0.861. The van der Waals surface area contributed by atoms with Crippen molar-refractivity contribution in [3.05, 3.63) is 431 Å². The number of hydrogen-bond acceptors (Lipinski definition) is 4. The highest BCUT2D eigenvalue weighted by atomic mass is 16.3. The highest BCUT2D eigenvalue weighted by Gasteiger charge is 2.27. The van der Waals surface area contributed by atoms with Crippen molar-refractivity contribution in [3.63, 3.8) is 0 Å². The van der Waals surface area contributed by atoms with Gasteiger partial charge in [0.25, 0.3) is 0 Å². The van der Waals surface area contributed by atoms with E-state index in [1.165, 1.54) is 147 Å². The maximum atomic E-state index is 6.36. The van der Waals surface area contributed by atoms with E-state index in [1.807, 2.05) is 24.3 Å². The van der Waals surface area contributed by atoms with Gasteiger partial charge in [-0.3, -0.25) is 0 Å². The minimum Gasteiger partial charge on any atom is -0.456 e. The Morgan fingerprint density at radius 2 is 0.527 bits per heavy atom. The molecule has 129 heavy (non-hydrogen) atoms. The average molecular weight is 1640 g/mol. The molecule has 0 aliphatic heterocycles. The van der Waals surface area contributed by atoms with E-state index in [0.717, 1.165) is 128 Å². The molecule has 1 aliphatic carbocycles. The summed E-state index contributed by atoms with van der Waals surface area (Å²) in [5, 5.41) is 25.3. The molecule has 7 heterocycles. The lowest BCUT2D eigenvalue weighted by molar-refractivity contribution is 0.669. The molecule has 7 aromatic heterocycles. The molecule has 0 N–H and O–H groups in total. The maximum Gasteiger partial charge on any atom is 0.136 e. The van der Waals surface area contributed by atoms with E-state index in [1.54, 1.807) is 0 Å². The van der Waals surface area contributed by atoms with E-state index in [2.05, 4.69) is 425 Å². The quantitative estimate of drug-likeness (QED) is 0.152. The summed E-state index contributed by atoms with van der Waals surface area (Å²) >= 11 is 0. The minimum absolute atomic E-state index is 0.861. The lowest BCUT2D eigenvalue weighted by Gasteiger charge is -2.15. The Bertz CT molecular complexity index is 9620. The Labute approximate surface area is 738 Å². The summed E-state index contributed by atoms with van der Waals surface area (Å²) in [6.45, 7) is 0. The molecule has 0 spiro atoms. The Kier molecular flexibility index (Phi) is 15.2. The van der Waals surface area contributed by atoms with Gasteiger partial charge in [0.1, 0.15) is 11.2 Å². The van der Waals surface area contributed by atoms with E-state index < -0.39 is 0 Å². The Balaban J connectivity index is 0.000000130. The van der Waals surface area contributed by atoms with Crippen LogP contribution in [0.4, 0.5) is 0 Å². The van der Waals surface area contributed by atoms with Crippen molar-refractivity contribution in [1.29, 1.82) is 0 Å². The Hall–Kier alpha value is -17.3. The van der Waals surface area contributed by atoms with Gasteiger partial charge in [0.05, 0.1) is 77.8 Å². The van der Waals surface area contributed by atoms with Crippen LogP contribution in [0.2, 0.25) is 0 Å². The number of rotatable bonds is 8. The van der Waals surface area contributed by atoms with Crippen molar-refractivity contribution in [2.45, 2.75) is 0 Å². The van der Waals surface area contributed by atoms with Gasteiger partial charge >= 0.3 is 0 Å². The first-order chi connectivity index (χ1) is 63.9. The van der Waals surface area contributed by atoms with Gasteiger partial charge in [0, 0.05) is 104 Å². The number of aromatic nitrogens is 7. The standard InChI is InChI=1S/C62H36N4.C59H35N3O/c1-2-13-45-44(12-1)49-17-11-18-50-52(31-30-51(45)60(49)50)62-61(63-54-19-6-7-20-55(54)64-62)40-25-24-38-33-42(28-26-37(38)32-40)66-58-23-10-5-16-48(58)53-35-39-27-29-43(34-41(39)36-59(53)66)65-56-21-8-3-14-46(56)47-15-4-9-22-57(47)65;1-6-16-52-39(11-1)33-50(59(60-52)40-25-28-49-48-15-5-10-20-57(48)63-58(49)35-40)38-22-21-36-23-26-44(30-41(36)29-38)62-55-19-9-4-14-47(55)51-32-37-24-27-43(31-42(37)34-56(51)62)61-53-17-7-2-12-45(53)46-13-3-8-18-54(46)61/h1-36H;1-35H. The summed E-state index contributed by atoms with van der Waals surface area (Å²) in [4.78, 5) is 16.1. The molecule has 0 saturated heterocycles. The van der Waals surface area contributed by atoms with Crippen molar-refractivity contribution in [2.24, 2.45) is 0 Å². The van der Waals surface area contributed by atoms with Gasteiger partial charge in [-0.05, 0) is 245 Å². The van der Waals surface area contributed by atoms with Crippen LogP contribution in [0.5, 0.6) is 0 Å². The molecule has 0 bridgehead atoms. The van der Waals surface area contributed by atoms with Crippen LogP contribution in [-0.4, -0.2) is 33.2 Å². The zero-order chi connectivity index (χ0) is 84.2. The van der Waals surface area contributed by atoms with E-state index in [-0.39, 0.29) is 0 Å². The molecule has 0 atom stereocenters. The molecule has 1 aliphatic rings. The molecule has 0 amide bonds. The Morgan fingerprint density at radius 3 is 1.10 bits per heavy atom. The van der Waals surface area contributed by atoms with E-state index in [0.29, 0.717) is 0 Å². The van der Waals surface area contributed by atoms with Crippen LogP contribution < -0.4 is 0 Å². The predicted octanol–water partition coefficient (Wildman–Crippen LogP) is 32.2. The zero-order valence-corrected chi connectivity index (χ0v) is 69.5. The third-order valence-electron chi connectivity index (χ3n) is 27.4. The van der Waals surface area contributed by atoms with Gasteiger partial charge in [-0.2, -0.15) is 0 Å². The number of fused-ring (bicyclic) bond motifs is 24. The van der Waals surface area contributed by atoms with E-state index in [9.17, 15) is 0 Å². The van der Waals surface area contributed by atoms with Crippen molar-refractivity contribution >= 4 is 185 Å². The largest absolute Gasteiger partial charge is 0.456 e. The van der Waals surface area contributed by atoms with Crippen LogP contribution in [0.3, 0.4) is 0 Å². The number of nitrogens with zero attached hydrogens (tertiary/aromatic N) is 7.